The second-order valence-corrected chi connectivity index (χ2v) is 21.7. The van der Waals surface area contributed by atoms with Gasteiger partial charge in [-0.25, -0.2) is 0 Å². The Balaban J connectivity index is 0.000000188. The second kappa shape index (κ2) is 17.7. The molecule has 266 valence electrons. The molecule has 2 aromatic carbocycles. The Morgan fingerprint density at radius 1 is 0.592 bits per heavy atom. The standard InChI is InChI=1S/C21H24N2.C18H33P.C5H4S.Ru/c1-14-9-16(3)20(17(4)10-14)22-7-8-23(13-22)21-18(5)11-15(2)12-19(21)6;1-4-10-16(11-5-1)19(17-12-6-2-7-13-17)18-14-8-3-9-15-18;1-5-3-2-4-6-5;/h7-12H,1-6H3;16-18H,1-15H2;1-4H;/p+1. The third kappa shape index (κ3) is 9.20. The van der Waals surface area contributed by atoms with Crippen LogP contribution < -0.4 is 0 Å². The molecular formula is C44H62N2PRuS+. The molecule has 4 aromatic rings. The molecule has 0 bridgehead atoms. The summed E-state index contributed by atoms with van der Waals surface area (Å²) in [6, 6.07) is 13.5. The van der Waals surface area contributed by atoms with Gasteiger partial charge in [0.15, 0.2) is 0 Å². The molecule has 0 aliphatic heterocycles. The van der Waals surface area contributed by atoms with Crippen LogP contribution in [0, 0.1) is 45.6 Å². The van der Waals surface area contributed by atoms with E-state index in [0.717, 1.165) is 0 Å². The van der Waals surface area contributed by atoms with Crippen molar-refractivity contribution < 1.29 is 16.2 Å². The minimum atomic E-state index is -0.119. The predicted octanol–water partition coefficient (Wildman–Crippen LogP) is 12.8. The van der Waals surface area contributed by atoms with Crippen molar-refractivity contribution in [2.75, 3.05) is 0 Å². The molecule has 0 spiro atoms. The number of aromatic nitrogens is 2. The Morgan fingerprint density at radius 2 is 0.980 bits per heavy atom. The summed E-state index contributed by atoms with van der Waals surface area (Å²) >= 11 is 1.69. The zero-order valence-electron chi connectivity index (χ0n) is 31.3. The summed E-state index contributed by atoms with van der Waals surface area (Å²) in [6.45, 7) is 13.3. The van der Waals surface area contributed by atoms with Crippen molar-refractivity contribution in [3.8, 4) is 11.4 Å². The van der Waals surface area contributed by atoms with Crippen molar-refractivity contribution in [2.24, 2.45) is 0 Å². The molecule has 7 rings (SSSR count). The van der Waals surface area contributed by atoms with Gasteiger partial charge in [0.1, 0.15) is 0 Å². The molecule has 3 aliphatic carbocycles. The number of nitrogens with zero attached hydrogens (tertiary/aromatic N) is 2. The Labute approximate surface area is 310 Å². The molecule has 2 aromatic heterocycles. The van der Waals surface area contributed by atoms with Gasteiger partial charge in [-0.3, -0.25) is 0 Å². The summed E-state index contributed by atoms with van der Waals surface area (Å²) in [5.41, 5.74) is 14.2. The average molecular weight is 783 g/mol. The van der Waals surface area contributed by atoms with Crippen LogP contribution in [0.2, 0.25) is 0 Å². The summed E-state index contributed by atoms with van der Waals surface area (Å²) in [6.07, 6.45) is 28.3. The minimum absolute atomic E-state index is 0.0465. The number of hydrogen-bond acceptors (Lipinski definition) is 1. The normalized spacial score (nSPS) is 18.0. The van der Waals surface area contributed by atoms with E-state index in [2.05, 4.69) is 109 Å². The van der Waals surface area contributed by atoms with Crippen LogP contribution in [0.1, 0.15) is 135 Å². The molecule has 2 heterocycles. The van der Waals surface area contributed by atoms with Crippen LogP contribution in [0.3, 0.4) is 0 Å². The van der Waals surface area contributed by atoms with Gasteiger partial charge < -0.3 is 0 Å². The summed E-state index contributed by atoms with van der Waals surface area (Å²) < 4.78 is 8.63. The maximum atomic E-state index is 2.43. The van der Waals surface area contributed by atoms with E-state index in [4.69, 9.17) is 0 Å². The van der Waals surface area contributed by atoms with Gasteiger partial charge in [-0.15, -0.1) is 0 Å². The van der Waals surface area contributed by atoms with Crippen LogP contribution >= 0.6 is 19.3 Å². The van der Waals surface area contributed by atoms with Crippen molar-refractivity contribution in [3.63, 3.8) is 0 Å². The van der Waals surface area contributed by atoms with E-state index in [1.807, 2.05) is 11.3 Å². The van der Waals surface area contributed by atoms with E-state index in [1.165, 1.54) is 70.6 Å². The van der Waals surface area contributed by atoms with E-state index in [1.54, 1.807) is 96.3 Å². The van der Waals surface area contributed by atoms with Crippen molar-refractivity contribution in [1.29, 1.82) is 0 Å². The van der Waals surface area contributed by atoms with E-state index in [0.29, 0.717) is 0 Å². The molecule has 0 unspecified atom stereocenters. The molecular weight excluding hydrogens is 721 g/mol. The van der Waals surface area contributed by atoms with Gasteiger partial charge >= 0.3 is 191 Å². The Kier molecular flexibility index (Phi) is 13.4. The van der Waals surface area contributed by atoms with Crippen LogP contribution in [0.25, 0.3) is 11.4 Å². The molecule has 0 N–H and O–H groups in total. The van der Waals surface area contributed by atoms with Gasteiger partial charge in [-0.1, -0.05) is 19.3 Å². The average Bonchev–Trinajstić information content (AvgIpc) is 3.75. The van der Waals surface area contributed by atoms with Gasteiger partial charge in [0.2, 0.25) is 0 Å². The number of aryl methyl sites for hydroxylation is 6. The van der Waals surface area contributed by atoms with E-state index >= 15 is 0 Å². The zero-order chi connectivity index (χ0) is 34.3. The number of hydrogen-bond donors (Lipinski definition) is 0. The van der Waals surface area contributed by atoms with Crippen LogP contribution in [0.4, 0.5) is 0 Å². The number of thiophene rings is 1. The monoisotopic (exact) mass is 783 g/mol. The first-order chi connectivity index (χ1) is 23.8. The van der Waals surface area contributed by atoms with Crippen LogP contribution in [-0.4, -0.2) is 30.7 Å². The molecule has 2 nitrogen and oxygen atoms in total. The Bertz CT molecular complexity index is 1600. The topological polar surface area (TPSA) is 9.86 Å². The summed E-state index contributed by atoms with van der Waals surface area (Å²) in [5.74, 6) is 0. The fourth-order valence-corrected chi connectivity index (χ4v) is 17.8. The summed E-state index contributed by atoms with van der Waals surface area (Å²) in [5, 5.41) is 2.15. The van der Waals surface area contributed by atoms with Crippen molar-refractivity contribution in [2.45, 2.75) is 155 Å². The van der Waals surface area contributed by atoms with Gasteiger partial charge in [-0.2, -0.15) is 0 Å². The first-order valence-corrected chi connectivity index (χ1v) is 23.9. The second-order valence-electron chi connectivity index (χ2n) is 15.5. The van der Waals surface area contributed by atoms with Gasteiger partial charge in [-0.05, 0) is 77.0 Å². The van der Waals surface area contributed by atoms with Gasteiger partial charge in [0.25, 0.3) is 0 Å². The molecule has 0 saturated heterocycles. The van der Waals surface area contributed by atoms with Crippen LogP contribution in [0.15, 0.2) is 54.2 Å². The van der Waals surface area contributed by atoms with Crippen LogP contribution in [0.5, 0.6) is 0 Å². The molecule has 0 amide bonds. The zero-order valence-corrected chi connectivity index (χ0v) is 34.8. The number of benzene rings is 2. The SMILES string of the molecule is C1CCC([PH+](C2CCCCC2)C2CCCCC2)CC1.Cc1cc(C)c(-n2ccn(-c3c(C)cc(C)cc3C)[c]2=[Ru]=[CH]c2cccs2)c(C)c1. The molecule has 0 radical (unpaired) electrons. The quantitative estimate of drug-likeness (QED) is 0.136. The Hall–Kier alpha value is -1.73. The predicted molar refractivity (Wildman–Crippen MR) is 215 cm³/mol. The molecule has 49 heavy (non-hydrogen) atoms. The maximum absolute atomic E-state index is 2.43. The summed E-state index contributed by atoms with van der Waals surface area (Å²) in [4.78, 5) is 1.35. The molecule has 3 aliphatic rings. The van der Waals surface area contributed by atoms with Crippen molar-refractivity contribution in [3.05, 3.63) is 96.4 Å². The Morgan fingerprint density at radius 3 is 1.33 bits per heavy atom. The van der Waals surface area contributed by atoms with Crippen molar-refractivity contribution in [1.82, 2.24) is 9.13 Å². The van der Waals surface area contributed by atoms with Crippen molar-refractivity contribution >= 4 is 23.9 Å². The molecule has 5 heteroatoms. The fourth-order valence-electron chi connectivity index (χ4n) is 9.65. The van der Waals surface area contributed by atoms with E-state index in [9.17, 15) is 0 Å². The summed E-state index contributed by atoms with van der Waals surface area (Å²) in [7, 11) is -0.0465. The van der Waals surface area contributed by atoms with E-state index in [-0.39, 0.29) is 24.1 Å². The van der Waals surface area contributed by atoms with Gasteiger partial charge in [0, 0.05) is 7.92 Å². The van der Waals surface area contributed by atoms with Crippen LogP contribution in [-0.2, 0) is 16.2 Å². The fraction of sp³-hybridized carbons (Fsp3) is 0.545. The molecule has 0 atom stereocenters. The third-order valence-electron chi connectivity index (χ3n) is 11.5. The molecule has 3 fully saturated rings. The third-order valence-corrected chi connectivity index (χ3v) is 19.3. The number of rotatable bonds is 6. The first kappa shape index (κ1) is 37.0. The molecule has 3 saturated carbocycles. The van der Waals surface area contributed by atoms with E-state index < -0.39 is 0 Å². The number of imidazole rings is 1. The van der Waals surface area contributed by atoms with Gasteiger partial charge in [0.05, 0.1) is 17.0 Å². The first-order valence-electron chi connectivity index (χ1n) is 19.4.